The number of hydrogen-bond donors (Lipinski definition) is 3. The van der Waals surface area contributed by atoms with Crippen LogP contribution >= 0.6 is 0 Å². The van der Waals surface area contributed by atoms with E-state index in [0.717, 1.165) is 37.9 Å². The molecular weight excluding hydrogens is 322 g/mol. The van der Waals surface area contributed by atoms with Gasteiger partial charge in [0, 0.05) is 36.1 Å². The lowest BCUT2D eigenvalue weighted by molar-refractivity contribution is -0.122. The van der Waals surface area contributed by atoms with Crippen molar-refractivity contribution in [2.24, 2.45) is 0 Å². The minimum Gasteiger partial charge on any atom is -0.361 e. The van der Waals surface area contributed by atoms with Crippen molar-refractivity contribution in [2.75, 3.05) is 13.1 Å². The molecule has 3 aromatic rings. The van der Waals surface area contributed by atoms with Gasteiger partial charge < -0.3 is 15.6 Å². The van der Waals surface area contributed by atoms with Gasteiger partial charge in [-0.25, -0.2) is 0 Å². The molecule has 3 N–H and O–H groups in total. The van der Waals surface area contributed by atoms with E-state index in [-0.39, 0.29) is 17.9 Å². The van der Waals surface area contributed by atoms with Crippen LogP contribution in [-0.2, 0) is 4.79 Å². The molecule has 1 aromatic heterocycles. The summed E-state index contributed by atoms with van der Waals surface area (Å²) in [5.74, 6) is 0.330. The third kappa shape index (κ3) is 3.51. The predicted octanol–water partition coefficient (Wildman–Crippen LogP) is 3.56. The van der Waals surface area contributed by atoms with Crippen molar-refractivity contribution in [3.8, 4) is 0 Å². The van der Waals surface area contributed by atoms with Gasteiger partial charge >= 0.3 is 0 Å². The van der Waals surface area contributed by atoms with E-state index in [2.05, 4.69) is 64.3 Å². The highest BCUT2D eigenvalue weighted by atomic mass is 16.2. The molecule has 1 aliphatic rings. The molecule has 26 heavy (non-hydrogen) atoms. The molecule has 0 spiro atoms. The zero-order valence-electron chi connectivity index (χ0n) is 14.9. The Kier molecular flexibility index (Phi) is 5.02. The Bertz CT molecular complexity index is 871. The number of nitrogens with one attached hydrogen (secondary N) is 3. The van der Waals surface area contributed by atoms with Gasteiger partial charge in [0.2, 0.25) is 5.91 Å². The lowest BCUT2D eigenvalue weighted by atomic mass is 9.90. The van der Waals surface area contributed by atoms with Gasteiger partial charge in [-0.2, -0.15) is 0 Å². The van der Waals surface area contributed by atoms with Gasteiger partial charge in [-0.15, -0.1) is 0 Å². The van der Waals surface area contributed by atoms with Gasteiger partial charge in [0.1, 0.15) is 0 Å². The number of carbonyl (C=O) groups excluding carboxylic acids is 1. The number of aromatic amines is 1. The van der Waals surface area contributed by atoms with Crippen molar-refractivity contribution < 1.29 is 4.79 Å². The number of fused-ring (bicyclic) bond motifs is 1. The van der Waals surface area contributed by atoms with Crippen molar-refractivity contribution in [3.63, 3.8) is 0 Å². The molecule has 1 amide bonds. The third-order valence-electron chi connectivity index (χ3n) is 5.30. The van der Waals surface area contributed by atoms with Crippen LogP contribution in [-0.4, -0.2) is 30.0 Å². The Hall–Kier alpha value is -2.59. The average Bonchev–Trinajstić information content (AvgIpc) is 3.00. The van der Waals surface area contributed by atoms with Crippen LogP contribution in [0, 0.1) is 0 Å². The first-order valence-corrected chi connectivity index (χ1v) is 9.45. The van der Waals surface area contributed by atoms with Gasteiger partial charge in [0.25, 0.3) is 0 Å². The maximum atomic E-state index is 12.3. The number of rotatable bonds is 5. The number of aromatic nitrogens is 1. The fourth-order valence-electron chi connectivity index (χ4n) is 3.87. The Morgan fingerprint density at radius 3 is 2.73 bits per heavy atom. The molecule has 0 bridgehead atoms. The third-order valence-corrected chi connectivity index (χ3v) is 5.30. The highest BCUT2D eigenvalue weighted by Crippen LogP contribution is 2.30. The first-order valence-electron chi connectivity index (χ1n) is 9.45. The van der Waals surface area contributed by atoms with Crippen LogP contribution < -0.4 is 10.6 Å². The van der Waals surface area contributed by atoms with Crippen molar-refractivity contribution in [3.05, 3.63) is 71.9 Å². The van der Waals surface area contributed by atoms with Gasteiger partial charge in [0.15, 0.2) is 0 Å². The van der Waals surface area contributed by atoms with Gasteiger partial charge in [-0.3, -0.25) is 4.79 Å². The highest BCUT2D eigenvalue weighted by molar-refractivity contribution is 5.84. The van der Waals surface area contributed by atoms with Crippen molar-refractivity contribution in [2.45, 2.75) is 31.2 Å². The Morgan fingerprint density at radius 1 is 1.04 bits per heavy atom. The van der Waals surface area contributed by atoms with Crippen LogP contribution in [0.5, 0.6) is 0 Å². The lowest BCUT2D eigenvalue weighted by Crippen LogP contribution is -2.44. The summed E-state index contributed by atoms with van der Waals surface area (Å²) in [6.07, 6.45) is 5.16. The summed E-state index contributed by atoms with van der Waals surface area (Å²) in [6.45, 7) is 1.53. The number of benzene rings is 2. The lowest BCUT2D eigenvalue weighted by Gasteiger charge is -2.22. The standard InChI is InChI=1S/C22H25N3O/c26-22-21(12-6-7-13-23-22)25-14-18(16-8-2-1-3-9-16)19-15-24-20-11-5-4-10-17(19)20/h1-5,8-11,15,18,21,24-25H,6-7,12-14H2,(H,23,26). The molecule has 2 aromatic carbocycles. The van der Waals surface area contributed by atoms with E-state index in [1.807, 2.05) is 12.1 Å². The second-order valence-electron chi connectivity index (χ2n) is 7.00. The Morgan fingerprint density at radius 2 is 1.85 bits per heavy atom. The number of carbonyl (C=O) groups is 1. The van der Waals surface area contributed by atoms with Crippen molar-refractivity contribution in [1.82, 2.24) is 15.6 Å². The molecule has 4 heteroatoms. The highest BCUT2D eigenvalue weighted by Gasteiger charge is 2.23. The first-order chi connectivity index (χ1) is 12.8. The minimum atomic E-state index is -0.103. The van der Waals surface area contributed by atoms with Crippen LogP contribution in [0.3, 0.4) is 0 Å². The summed E-state index contributed by atoms with van der Waals surface area (Å²) < 4.78 is 0. The molecule has 134 valence electrons. The first kappa shape index (κ1) is 16.9. The van der Waals surface area contributed by atoms with E-state index in [1.54, 1.807) is 0 Å². The van der Waals surface area contributed by atoms with E-state index in [0.29, 0.717) is 0 Å². The van der Waals surface area contributed by atoms with Gasteiger partial charge in [-0.05, 0) is 36.5 Å². The molecule has 0 radical (unpaired) electrons. The molecule has 1 aliphatic heterocycles. The van der Waals surface area contributed by atoms with Crippen LogP contribution in [0.2, 0.25) is 0 Å². The van der Waals surface area contributed by atoms with Crippen LogP contribution in [0.4, 0.5) is 0 Å². The van der Waals surface area contributed by atoms with Gasteiger partial charge in [-0.1, -0.05) is 48.5 Å². The number of para-hydroxylation sites is 1. The van der Waals surface area contributed by atoms with Crippen molar-refractivity contribution in [1.29, 1.82) is 0 Å². The normalized spacial score (nSPS) is 19.1. The molecule has 4 rings (SSSR count). The smallest absolute Gasteiger partial charge is 0.237 e. The quantitative estimate of drug-likeness (QED) is 0.661. The Labute approximate surface area is 154 Å². The second-order valence-corrected chi connectivity index (χ2v) is 7.00. The Balaban J connectivity index is 1.62. The minimum absolute atomic E-state index is 0.103. The molecule has 0 aliphatic carbocycles. The fourth-order valence-corrected chi connectivity index (χ4v) is 3.87. The van der Waals surface area contributed by atoms with Crippen LogP contribution in [0.15, 0.2) is 60.8 Å². The van der Waals surface area contributed by atoms with E-state index in [4.69, 9.17) is 0 Å². The molecule has 1 fully saturated rings. The molecule has 2 unspecified atom stereocenters. The van der Waals surface area contributed by atoms with Crippen molar-refractivity contribution >= 4 is 16.8 Å². The monoisotopic (exact) mass is 347 g/mol. The summed E-state index contributed by atoms with van der Waals surface area (Å²) in [6, 6.07) is 18.8. The second kappa shape index (κ2) is 7.75. The van der Waals surface area contributed by atoms with E-state index < -0.39 is 0 Å². The topological polar surface area (TPSA) is 56.9 Å². The molecule has 2 atom stereocenters. The predicted molar refractivity (Wildman–Crippen MR) is 105 cm³/mol. The fraction of sp³-hybridized carbons (Fsp3) is 0.318. The number of amides is 1. The molecule has 0 saturated carbocycles. The van der Waals surface area contributed by atoms with Crippen LogP contribution in [0.1, 0.15) is 36.3 Å². The van der Waals surface area contributed by atoms with Gasteiger partial charge in [0.05, 0.1) is 6.04 Å². The maximum absolute atomic E-state index is 12.3. The maximum Gasteiger partial charge on any atom is 0.237 e. The largest absolute Gasteiger partial charge is 0.361 e. The number of H-pyrrole nitrogens is 1. The van der Waals surface area contributed by atoms with E-state index in [9.17, 15) is 4.79 Å². The molecule has 1 saturated heterocycles. The molecule has 2 heterocycles. The van der Waals surface area contributed by atoms with Crippen LogP contribution in [0.25, 0.3) is 10.9 Å². The number of hydrogen-bond acceptors (Lipinski definition) is 2. The summed E-state index contributed by atoms with van der Waals surface area (Å²) >= 11 is 0. The average molecular weight is 347 g/mol. The summed E-state index contributed by atoms with van der Waals surface area (Å²) in [4.78, 5) is 15.7. The molecule has 4 nitrogen and oxygen atoms in total. The SMILES string of the molecule is O=C1NCCCCC1NCC(c1ccccc1)c1c[nH]c2ccccc12. The summed E-state index contributed by atoms with van der Waals surface area (Å²) in [5.41, 5.74) is 3.68. The zero-order valence-corrected chi connectivity index (χ0v) is 14.9. The zero-order chi connectivity index (χ0) is 17.8. The summed E-state index contributed by atoms with van der Waals surface area (Å²) in [5, 5.41) is 7.80. The summed E-state index contributed by atoms with van der Waals surface area (Å²) in [7, 11) is 0. The van der Waals surface area contributed by atoms with E-state index >= 15 is 0 Å². The molecular formula is C22H25N3O. The van der Waals surface area contributed by atoms with E-state index in [1.165, 1.54) is 16.5 Å².